The molecule has 0 aliphatic rings. The van der Waals surface area contributed by atoms with Crippen molar-refractivity contribution in [3.8, 4) is 0 Å². The van der Waals surface area contributed by atoms with E-state index in [0.29, 0.717) is 16.9 Å². The molecule has 1 aromatic heterocycles. The number of hydrogen-bond acceptors (Lipinski definition) is 2. The summed E-state index contributed by atoms with van der Waals surface area (Å²) in [4.78, 5) is 13.0. The molecule has 0 aliphatic heterocycles. The summed E-state index contributed by atoms with van der Waals surface area (Å²) in [5, 5.41) is 2.55. The Bertz CT molecular complexity index is 1060. The van der Waals surface area contributed by atoms with Crippen LogP contribution in [0.25, 0.3) is 21.7 Å². The lowest BCUT2D eigenvalue weighted by atomic mass is 10.0. The van der Waals surface area contributed by atoms with Gasteiger partial charge in [-0.2, -0.15) is 0 Å². The number of aromatic nitrogens is 1. The molecule has 0 saturated heterocycles. The predicted octanol–water partition coefficient (Wildman–Crippen LogP) is 4.20. The van der Waals surface area contributed by atoms with Gasteiger partial charge in [-0.05, 0) is 41.1 Å². The van der Waals surface area contributed by atoms with Crippen molar-refractivity contribution in [1.82, 2.24) is 4.57 Å². The quantitative estimate of drug-likeness (QED) is 0.573. The molecular formula is C19H13FN2O. The van der Waals surface area contributed by atoms with E-state index in [1.165, 1.54) is 16.7 Å². The first-order valence-corrected chi connectivity index (χ1v) is 7.24. The summed E-state index contributed by atoms with van der Waals surface area (Å²) in [6, 6.07) is 19.2. The Morgan fingerprint density at radius 1 is 0.913 bits per heavy atom. The summed E-state index contributed by atoms with van der Waals surface area (Å²) in [7, 11) is 0. The molecule has 0 amide bonds. The van der Waals surface area contributed by atoms with Crippen LogP contribution in [0, 0.1) is 5.82 Å². The summed E-state index contributed by atoms with van der Waals surface area (Å²) in [6.07, 6.45) is 0. The second-order valence-electron chi connectivity index (χ2n) is 5.44. The Morgan fingerprint density at radius 2 is 1.70 bits per heavy atom. The number of carbonyl (C=O) groups excluding carboxylic acids is 1. The first-order valence-electron chi connectivity index (χ1n) is 7.24. The highest BCUT2D eigenvalue weighted by molar-refractivity contribution is 6.12. The number of hydrogen-bond donors (Lipinski definition) is 1. The first kappa shape index (κ1) is 13.5. The van der Waals surface area contributed by atoms with Gasteiger partial charge in [0.1, 0.15) is 11.6 Å². The van der Waals surface area contributed by atoms with E-state index in [2.05, 4.69) is 0 Å². The molecule has 4 rings (SSSR count). The van der Waals surface area contributed by atoms with E-state index in [9.17, 15) is 9.18 Å². The number of nitrogens with two attached hydrogens (primary N) is 1. The second kappa shape index (κ2) is 4.95. The van der Waals surface area contributed by atoms with Gasteiger partial charge in [-0.3, -0.25) is 9.36 Å². The van der Waals surface area contributed by atoms with Crippen LogP contribution in [0.3, 0.4) is 0 Å². The molecule has 3 nitrogen and oxygen atoms in total. The first-order chi connectivity index (χ1) is 11.1. The van der Waals surface area contributed by atoms with Gasteiger partial charge in [-0.25, -0.2) is 4.39 Å². The predicted molar refractivity (Wildman–Crippen MR) is 90.0 cm³/mol. The Balaban J connectivity index is 1.99. The molecule has 112 valence electrons. The zero-order valence-corrected chi connectivity index (χ0v) is 12.2. The molecule has 4 heteroatoms. The average Bonchev–Trinajstić information content (AvgIpc) is 2.89. The van der Waals surface area contributed by atoms with E-state index in [-0.39, 0.29) is 5.91 Å². The van der Waals surface area contributed by atoms with Gasteiger partial charge in [0.15, 0.2) is 0 Å². The average molecular weight is 304 g/mol. The molecule has 3 aromatic carbocycles. The highest BCUT2D eigenvalue weighted by atomic mass is 19.1. The number of anilines is 1. The van der Waals surface area contributed by atoms with Gasteiger partial charge in [-0.15, -0.1) is 0 Å². The molecule has 0 saturated carbocycles. The third-order valence-corrected chi connectivity index (χ3v) is 4.02. The summed E-state index contributed by atoms with van der Waals surface area (Å²) in [5.74, 6) is -0.369. The molecule has 0 atom stereocenters. The minimum Gasteiger partial charge on any atom is -0.385 e. The zero-order chi connectivity index (χ0) is 16.0. The van der Waals surface area contributed by atoms with Crippen molar-refractivity contribution in [2.75, 3.05) is 5.73 Å². The maximum absolute atomic E-state index is 13.6. The standard InChI is InChI=1S/C19H13FN2O/c20-14-9-8-13-10-18(21)22(17(13)11-14)19(23)16-7-3-5-12-4-1-2-6-15(12)16/h1-11H,21H2. The molecule has 0 fully saturated rings. The van der Waals surface area contributed by atoms with Crippen molar-refractivity contribution in [3.05, 3.63) is 78.1 Å². The van der Waals surface area contributed by atoms with Crippen LogP contribution in [0.5, 0.6) is 0 Å². The third kappa shape index (κ3) is 2.07. The Kier molecular flexibility index (Phi) is 2.91. The van der Waals surface area contributed by atoms with Crippen molar-refractivity contribution in [1.29, 1.82) is 0 Å². The van der Waals surface area contributed by atoms with Crippen molar-refractivity contribution in [2.45, 2.75) is 0 Å². The Hall–Kier alpha value is -3.14. The molecule has 4 aromatic rings. The van der Waals surface area contributed by atoms with Gasteiger partial charge in [0.05, 0.1) is 5.52 Å². The normalized spacial score (nSPS) is 11.2. The third-order valence-electron chi connectivity index (χ3n) is 4.02. The topological polar surface area (TPSA) is 48.0 Å². The van der Waals surface area contributed by atoms with Gasteiger partial charge in [-0.1, -0.05) is 36.4 Å². The van der Waals surface area contributed by atoms with E-state index >= 15 is 0 Å². The van der Waals surface area contributed by atoms with E-state index in [1.807, 2.05) is 36.4 Å². The summed E-state index contributed by atoms with van der Waals surface area (Å²) < 4.78 is 14.9. The van der Waals surface area contributed by atoms with E-state index < -0.39 is 5.82 Å². The van der Waals surface area contributed by atoms with Crippen molar-refractivity contribution in [3.63, 3.8) is 0 Å². The van der Waals surface area contributed by atoms with E-state index in [1.54, 1.807) is 18.2 Å². The fraction of sp³-hybridized carbons (Fsp3) is 0. The van der Waals surface area contributed by atoms with Gasteiger partial charge in [0.25, 0.3) is 5.91 Å². The van der Waals surface area contributed by atoms with Gasteiger partial charge in [0.2, 0.25) is 0 Å². The molecule has 0 spiro atoms. The monoisotopic (exact) mass is 304 g/mol. The number of benzene rings is 3. The van der Waals surface area contributed by atoms with Crippen LogP contribution >= 0.6 is 0 Å². The number of rotatable bonds is 1. The fourth-order valence-corrected chi connectivity index (χ4v) is 2.95. The number of carbonyl (C=O) groups is 1. The number of nitrogen functional groups attached to an aromatic ring is 1. The molecule has 0 bridgehead atoms. The van der Waals surface area contributed by atoms with Crippen molar-refractivity contribution < 1.29 is 9.18 Å². The van der Waals surface area contributed by atoms with Crippen LogP contribution in [0.1, 0.15) is 10.4 Å². The fourth-order valence-electron chi connectivity index (χ4n) is 2.95. The summed E-state index contributed by atoms with van der Waals surface area (Å²) in [5.41, 5.74) is 7.02. The molecule has 23 heavy (non-hydrogen) atoms. The van der Waals surface area contributed by atoms with Crippen molar-refractivity contribution in [2.24, 2.45) is 0 Å². The van der Waals surface area contributed by atoms with E-state index in [0.717, 1.165) is 16.2 Å². The van der Waals surface area contributed by atoms with Gasteiger partial charge < -0.3 is 5.73 Å². The van der Waals surface area contributed by atoms with Crippen LogP contribution in [0.15, 0.2) is 66.7 Å². The molecule has 0 unspecified atom stereocenters. The van der Waals surface area contributed by atoms with Gasteiger partial charge >= 0.3 is 0 Å². The van der Waals surface area contributed by atoms with Crippen LogP contribution in [0.4, 0.5) is 10.2 Å². The van der Waals surface area contributed by atoms with Crippen LogP contribution in [-0.4, -0.2) is 10.5 Å². The molecule has 2 N–H and O–H groups in total. The second-order valence-corrected chi connectivity index (χ2v) is 5.44. The lowest BCUT2D eigenvalue weighted by Crippen LogP contribution is -2.14. The minimum absolute atomic E-state index is 0.264. The highest BCUT2D eigenvalue weighted by Gasteiger charge is 2.17. The molecular weight excluding hydrogens is 291 g/mol. The zero-order valence-electron chi connectivity index (χ0n) is 12.2. The number of fused-ring (bicyclic) bond motifs is 2. The van der Waals surface area contributed by atoms with E-state index in [4.69, 9.17) is 5.73 Å². The van der Waals surface area contributed by atoms with Crippen molar-refractivity contribution >= 4 is 33.4 Å². The molecule has 0 aliphatic carbocycles. The lowest BCUT2D eigenvalue weighted by molar-refractivity contribution is 0.0969. The SMILES string of the molecule is Nc1cc2ccc(F)cc2n1C(=O)c1cccc2ccccc12. The maximum atomic E-state index is 13.6. The minimum atomic E-state index is -0.400. The Labute approximate surface area is 131 Å². The smallest absolute Gasteiger partial charge is 0.264 e. The van der Waals surface area contributed by atoms with Gasteiger partial charge in [0, 0.05) is 10.9 Å². The van der Waals surface area contributed by atoms with Crippen LogP contribution in [0.2, 0.25) is 0 Å². The largest absolute Gasteiger partial charge is 0.385 e. The molecule has 1 heterocycles. The summed E-state index contributed by atoms with van der Waals surface area (Å²) >= 11 is 0. The summed E-state index contributed by atoms with van der Waals surface area (Å²) in [6.45, 7) is 0. The molecule has 0 radical (unpaired) electrons. The maximum Gasteiger partial charge on any atom is 0.264 e. The van der Waals surface area contributed by atoms with Crippen LogP contribution in [-0.2, 0) is 0 Å². The Morgan fingerprint density at radius 3 is 2.57 bits per heavy atom. The number of halogens is 1. The lowest BCUT2D eigenvalue weighted by Gasteiger charge is -2.09. The highest BCUT2D eigenvalue weighted by Crippen LogP contribution is 2.26. The number of nitrogens with zero attached hydrogens (tertiary/aromatic N) is 1. The van der Waals surface area contributed by atoms with Crippen LogP contribution < -0.4 is 5.73 Å².